The Morgan fingerprint density at radius 2 is 1.91 bits per heavy atom. The quantitative estimate of drug-likeness (QED) is 0.837. The van der Waals surface area contributed by atoms with Crippen LogP contribution in [0.3, 0.4) is 0 Å². The van der Waals surface area contributed by atoms with Gasteiger partial charge in [-0.15, -0.1) is 0 Å². The molecule has 0 bridgehead atoms. The van der Waals surface area contributed by atoms with Gasteiger partial charge < -0.3 is 9.26 Å². The Labute approximate surface area is 132 Å². The highest BCUT2D eigenvalue weighted by Gasteiger charge is 2.37. The molecule has 3 heterocycles. The summed E-state index contributed by atoms with van der Waals surface area (Å²) in [4.78, 5) is 7.99. The van der Waals surface area contributed by atoms with E-state index < -0.39 is 12.0 Å². The molecule has 9 heteroatoms. The van der Waals surface area contributed by atoms with Crippen LogP contribution in [-0.2, 0) is 17.5 Å². The van der Waals surface area contributed by atoms with Gasteiger partial charge in [-0.1, -0.05) is 11.6 Å². The zero-order valence-electron chi connectivity index (χ0n) is 12.9. The number of piperidine rings is 1. The van der Waals surface area contributed by atoms with Crippen LogP contribution in [0.1, 0.15) is 31.0 Å². The van der Waals surface area contributed by atoms with E-state index in [0.717, 1.165) is 58.7 Å². The number of hydrogen-bond acceptors (Lipinski definition) is 6. The minimum atomic E-state index is -4.56. The third-order valence-corrected chi connectivity index (χ3v) is 4.38. The Hall–Kier alpha value is -1.19. The maximum atomic E-state index is 12.5. The first-order valence-corrected chi connectivity index (χ1v) is 7.96. The van der Waals surface area contributed by atoms with Gasteiger partial charge in [0.2, 0.25) is 5.89 Å². The topological polar surface area (TPSA) is 54.6 Å². The fourth-order valence-electron chi connectivity index (χ4n) is 3.16. The van der Waals surface area contributed by atoms with Crippen molar-refractivity contribution in [2.75, 3.05) is 39.4 Å². The fourth-order valence-corrected chi connectivity index (χ4v) is 3.16. The zero-order valence-corrected chi connectivity index (χ0v) is 12.9. The number of hydrogen-bond donors (Lipinski definition) is 0. The van der Waals surface area contributed by atoms with E-state index >= 15 is 0 Å². The summed E-state index contributed by atoms with van der Waals surface area (Å²) in [5.74, 6) is -1.17. The summed E-state index contributed by atoms with van der Waals surface area (Å²) in [6.45, 7) is 5.32. The third-order valence-electron chi connectivity index (χ3n) is 4.38. The predicted molar refractivity (Wildman–Crippen MR) is 74.6 cm³/mol. The van der Waals surface area contributed by atoms with Gasteiger partial charge >= 0.3 is 6.18 Å². The molecule has 0 unspecified atom stereocenters. The molecule has 130 valence electrons. The normalized spacial score (nSPS) is 24.9. The minimum Gasteiger partial charge on any atom is -0.379 e. The maximum Gasteiger partial charge on any atom is 0.455 e. The van der Waals surface area contributed by atoms with Crippen LogP contribution in [0.5, 0.6) is 0 Å². The van der Waals surface area contributed by atoms with Crippen molar-refractivity contribution >= 4 is 0 Å². The number of halogens is 3. The van der Waals surface area contributed by atoms with Crippen molar-refractivity contribution in [1.82, 2.24) is 19.9 Å². The van der Waals surface area contributed by atoms with E-state index in [4.69, 9.17) is 9.26 Å². The van der Waals surface area contributed by atoms with E-state index in [1.54, 1.807) is 0 Å². The molecule has 23 heavy (non-hydrogen) atoms. The Balaban J connectivity index is 1.60. The van der Waals surface area contributed by atoms with Crippen molar-refractivity contribution in [3.8, 4) is 0 Å². The largest absolute Gasteiger partial charge is 0.455 e. The number of alkyl halides is 3. The molecule has 3 rings (SSSR count). The van der Waals surface area contributed by atoms with Crippen molar-refractivity contribution in [2.24, 2.45) is 0 Å². The number of morpholine rings is 1. The highest BCUT2D eigenvalue weighted by molar-refractivity contribution is 4.92. The predicted octanol–water partition coefficient (Wildman–Crippen LogP) is 1.78. The SMILES string of the molecule is FC(F)(F)c1noc(CN2CCCC[C@@H]2CN2CCOCC2)n1. The highest BCUT2D eigenvalue weighted by atomic mass is 19.4. The van der Waals surface area contributed by atoms with Crippen LogP contribution in [0.15, 0.2) is 4.52 Å². The molecule has 6 nitrogen and oxygen atoms in total. The lowest BCUT2D eigenvalue weighted by Crippen LogP contribution is -2.49. The highest BCUT2D eigenvalue weighted by Crippen LogP contribution is 2.27. The Kier molecular flexibility index (Phi) is 5.17. The molecule has 2 fully saturated rings. The number of aromatic nitrogens is 2. The molecule has 1 atom stereocenters. The van der Waals surface area contributed by atoms with Crippen LogP contribution in [0.25, 0.3) is 0 Å². The second kappa shape index (κ2) is 7.14. The molecule has 0 spiro atoms. The summed E-state index contributed by atoms with van der Waals surface area (Å²) in [7, 11) is 0. The third kappa shape index (κ3) is 4.42. The van der Waals surface area contributed by atoms with Crippen LogP contribution in [0, 0.1) is 0 Å². The summed E-state index contributed by atoms with van der Waals surface area (Å²) in [6, 6.07) is 0.308. The van der Waals surface area contributed by atoms with Gasteiger partial charge in [0.25, 0.3) is 5.82 Å². The lowest BCUT2D eigenvalue weighted by atomic mass is 10.0. The van der Waals surface area contributed by atoms with Crippen molar-refractivity contribution in [3.05, 3.63) is 11.7 Å². The van der Waals surface area contributed by atoms with E-state index in [9.17, 15) is 13.2 Å². The second-order valence-corrected chi connectivity index (χ2v) is 6.04. The lowest BCUT2D eigenvalue weighted by molar-refractivity contribution is -0.146. The minimum absolute atomic E-state index is 0.0335. The Bertz CT molecular complexity index is 502. The summed E-state index contributed by atoms with van der Waals surface area (Å²) in [5.41, 5.74) is 0. The number of nitrogens with zero attached hydrogens (tertiary/aromatic N) is 4. The standard InChI is InChI=1S/C14H21F3N4O2/c15-14(16,17)13-18-12(23-19-13)10-21-4-2-1-3-11(21)9-20-5-7-22-8-6-20/h11H,1-10H2/t11-/m1/s1. The van der Waals surface area contributed by atoms with E-state index in [-0.39, 0.29) is 12.4 Å². The van der Waals surface area contributed by atoms with Crippen LogP contribution in [-0.4, -0.2) is 65.4 Å². The van der Waals surface area contributed by atoms with Crippen LogP contribution in [0.4, 0.5) is 13.2 Å². The van der Waals surface area contributed by atoms with Crippen molar-refractivity contribution in [3.63, 3.8) is 0 Å². The first-order chi connectivity index (χ1) is 11.0. The van der Waals surface area contributed by atoms with Gasteiger partial charge in [-0.2, -0.15) is 18.2 Å². The lowest BCUT2D eigenvalue weighted by Gasteiger charge is -2.39. The summed E-state index contributed by atoms with van der Waals surface area (Å²) >= 11 is 0. The molecule has 0 aromatic carbocycles. The second-order valence-electron chi connectivity index (χ2n) is 6.04. The van der Waals surface area contributed by atoms with Gasteiger partial charge in [-0.25, -0.2) is 0 Å². The summed E-state index contributed by atoms with van der Waals surface area (Å²) < 4.78 is 47.8. The monoisotopic (exact) mass is 334 g/mol. The molecule has 0 saturated carbocycles. The molecule has 1 aromatic rings. The van der Waals surface area contributed by atoms with Crippen LogP contribution in [0.2, 0.25) is 0 Å². The van der Waals surface area contributed by atoms with Crippen molar-refractivity contribution in [1.29, 1.82) is 0 Å². The van der Waals surface area contributed by atoms with Gasteiger partial charge in [0.05, 0.1) is 19.8 Å². The van der Waals surface area contributed by atoms with Crippen molar-refractivity contribution in [2.45, 2.75) is 38.0 Å². The Morgan fingerprint density at radius 3 is 2.61 bits per heavy atom. The van der Waals surface area contributed by atoms with E-state index in [1.165, 1.54) is 0 Å². The van der Waals surface area contributed by atoms with Crippen LogP contribution < -0.4 is 0 Å². The molecule has 0 N–H and O–H groups in total. The molecular weight excluding hydrogens is 313 g/mol. The van der Waals surface area contributed by atoms with Gasteiger partial charge in [0, 0.05) is 25.7 Å². The van der Waals surface area contributed by atoms with E-state index in [0.29, 0.717) is 6.04 Å². The molecule has 0 amide bonds. The zero-order chi connectivity index (χ0) is 16.3. The number of rotatable bonds is 4. The molecule has 0 aliphatic carbocycles. The number of ether oxygens (including phenoxy) is 1. The molecule has 2 aliphatic rings. The van der Waals surface area contributed by atoms with E-state index in [1.807, 2.05) is 0 Å². The molecule has 2 aliphatic heterocycles. The smallest absolute Gasteiger partial charge is 0.379 e. The average molecular weight is 334 g/mol. The average Bonchev–Trinajstić information content (AvgIpc) is 2.99. The maximum absolute atomic E-state index is 12.5. The molecule has 0 radical (unpaired) electrons. The Morgan fingerprint density at radius 1 is 1.13 bits per heavy atom. The number of likely N-dealkylation sites (tertiary alicyclic amines) is 1. The first-order valence-electron chi connectivity index (χ1n) is 7.96. The van der Waals surface area contributed by atoms with Crippen molar-refractivity contribution < 1.29 is 22.4 Å². The van der Waals surface area contributed by atoms with Gasteiger partial charge in [0.15, 0.2) is 0 Å². The van der Waals surface area contributed by atoms with Gasteiger partial charge in [-0.05, 0) is 19.4 Å². The molecule has 1 aromatic heterocycles. The summed E-state index contributed by atoms with van der Waals surface area (Å²) in [5, 5.41) is 3.03. The first kappa shape index (κ1) is 16.7. The van der Waals surface area contributed by atoms with Gasteiger partial charge in [0.1, 0.15) is 0 Å². The summed E-state index contributed by atoms with van der Waals surface area (Å²) in [6.07, 6.45) is -1.34. The van der Waals surface area contributed by atoms with Gasteiger partial charge in [-0.3, -0.25) is 9.80 Å². The fraction of sp³-hybridized carbons (Fsp3) is 0.857. The van der Waals surface area contributed by atoms with Crippen LogP contribution >= 0.6 is 0 Å². The molecular formula is C14H21F3N4O2. The molecule has 2 saturated heterocycles. The van der Waals surface area contributed by atoms with E-state index in [2.05, 4.69) is 19.9 Å².